The molecule has 0 nitrogen and oxygen atoms in total. The first-order chi connectivity index (χ1) is 4.97. The van der Waals surface area contributed by atoms with Gasteiger partial charge in [-0.25, -0.2) is 0 Å². The summed E-state index contributed by atoms with van der Waals surface area (Å²) in [5.74, 6) is 0. The summed E-state index contributed by atoms with van der Waals surface area (Å²) in [7, 11) is 0. The molecule has 0 bridgehead atoms. The molecule has 0 unspecified atom stereocenters. The van der Waals surface area contributed by atoms with E-state index >= 15 is 0 Å². The van der Waals surface area contributed by atoms with Crippen molar-refractivity contribution >= 4 is 24.3 Å². The average molecular weight is 363 g/mol. The van der Waals surface area contributed by atoms with Crippen molar-refractivity contribution in [3.63, 3.8) is 0 Å². The Morgan fingerprint density at radius 2 is 0.833 bits per heavy atom. The smallest absolute Gasteiger partial charge is 0 e. The molecule has 0 heterocycles. The van der Waals surface area contributed by atoms with E-state index in [1.165, 1.54) is 10.8 Å². The van der Waals surface area contributed by atoms with Crippen LogP contribution in [-0.4, -0.2) is 0 Å². The van der Waals surface area contributed by atoms with Gasteiger partial charge in [0.15, 0.2) is 0 Å². The Morgan fingerprint density at radius 3 is 1.08 bits per heavy atom. The van der Waals surface area contributed by atoms with Gasteiger partial charge >= 0.3 is 0 Å². The Labute approximate surface area is 99.9 Å². The van der Waals surface area contributed by atoms with Crippen molar-refractivity contribution in [3.05, 3.63) is 48.5 Å². The first-order valence-corrected chi connectivity index (χ1v) is 3.40. The molecule has 0 saturated heterocycles. The molecule has 0 aliphatic carbocycles. The van der Waals surface area contributed by atoms with Crippen molar-refractivity contribution in [2.75, 3.05) is 0 Å². The van der Waals surface area contributed by atoms with Gasteiger partial charge in [-0.1, -0.05) is 48.5 Å². The minimum atomic E-state index is 0. The average Bonchev–Trinajstić information content (AvgIpc) is 2.05. The molecule has 0 fully saturated rings. The fourth-order valence-corrected chi connectivity index (χ4v) is 1.13. The van der Waals surface area contributed by atoms with E-state index in [-0.39, 0.29) is 41.2 Å². The van der Waals surface area contributed by atoms with Gasteiger partial charge in [0.05, 0.1) is 0 Å². The van der Waals surface area contributed by atoms with E-state index in [1.807, 2.05) is 0 Å². The molecular weight excluding hydrogens is 353 g/mol. The third-order valence-corrected chi connectivity index (χ3v) is 1.66. The minimum Gasteiger partial charge on any atom is -0.197 e. The zero-order chi connectivity index (χ0) is 6.81. The van der Waals surface area contributed by atoms with E-state index in [0.717, 1.165) is 0 Å². The number of rotatable bonds is 0. The third-order valence-electron chi connectivity index (χ3n) is 1.66. The molecule has 2 aromatic rings. The van der Waals surface area contributed by atoms with Crippen molar-refractivity contribution in [3.8, 4) is 0 Å². The van der Waals surface area contributed by atoms with E-state index in [9.17, 15) is 0 Å². The Balaban J connectivity index is 0.000000605. The van der Waals surface area contributed by atoms with Crippen molar-refractivity contribution < 1.29 is 27.7 Å². The third kappa shape index (κ3) is 2.49. The predicted molar refractivity (Wildman–Crippen MR) is 54.3 cm³/mol. The maximum absolute atomic E-state index is 2.12. The van der Waals surface area contributed by atoms with Gasteiger partial charge in [0.2, 0.25) is 0 Å². The van der Waals surface area contributed by atoms with Crippen LogP contribution in [0.3, 0.4) is 0 Å². The van der Waals surface area contributed by atoms with E-state index in [2.05, 4.69) is 48.5 Å². The van der Waals surface area contributed by atoms with Crippen LogP contribution >= 0.6 is 13.5 Å². The van der Waals surface area contributed by atoms with Crippen LogP contribution in [0.4, 0.5) is 0 Å². The SMILES string of the molecule is S.[Hg].c1ccc2ccccc2c1. The molecule has 0 atom stereocenters. The molecule has 58 valence electrons. The maximum Gasteiger partial charge on any atom is 0 e. The van der Waals surface area contributed by atoms with Gasteiger partial charge in [-0.05, 0) is 10.8 Å². The van der Waals surface area contributed by atoms with Crippen molar-refractivity contribution in [2.45, 2.75) is 0 Å². The van der Waals surface area contributed by atoms with E-state index in [4.69, 9.17) is 0 Å². The van der Waals surface area contributed by atoms with Crippen LogP contribution in [0.1, 0.15) is 0 Å². The summed E-state index contributed by atoms with van der Waals surface area (Å²) in [4.78, 5) is 0. The largest absolute Gasteiger partial charge is 0.197 e. The molecule has 0 amide bonds. The predicted octanol–water partition coefficient (Wildman–Crippen LogP) is 2.95. The summed E-state index contributed by atoms with van der Waals surface area (Å²) < 4.78 is 0. The topological polar surface area (TPSA) is 0 Å². The fraction of sp³-hybridized carbons (Fsp3) is 0. The summed E-state index contributed by atoms with van der Waals surface area (Å²) in [6.07, 6.45) is 0. The van der Waals surface area contributed by atoms with Crippen LogP contribution in [0, 0.1) is 0 Å². The second-order valence-corrected chi connectivity index (χ2v) is 2.35. The molecule has 0 aromatic heterocycles. The summed E-state index contributed by atoms with van der Waals surface area (Å²) in [5.41, 5.74) is 0. The zero-order valence-corrected chi connectivity index (χ0v) is 13.3. The Bertz CT molecular complexity index is 281. The van der Waals surface area contributed by atoms with Gasteiger partial charge in [0.25, 0.3) is 0 Å². The molecule has 0 aliphatic rings. The molecule has 0 N–H and O–H groups in total. The standard InChI is InChI=1S/C10H8.Hg.H2S/c1-2-6-10-8-4-3-7-9(10)5-1;;/h1-8H;;1H2. The van der Waals surface area contributed by atoms with Gasteiger partial charge < -0.3 is 0 Å². The summed E-state index contributed by atoms with van der Waals surface area (Å²) in [6, 6.07) is 16.7. The monoisotopic (exact) mass is 364 g/mol. The fourth-order valence-electron chi connectivity index (χ4n) is 1.13. The number of benzene rings is 2. The van der Waals surface area contributed by atoms with Crippen molar-refractivity contribution in [1.82, 2.24) is 0 Å². The molecule has 0 saturated carbocycles. The molecule has 12 heavy (non-hydrogen) atoms. The summed E-state index contributed by atoms with van der Waals surface area (Å²) >= 11 is 0. The van der Waals surface area contributed by atoms with Crippen LogP contribution in [0.25, 0.3) is 10.8 Å². The second kappa shape index (κ2) is 5.60. The van der Waals surface area contributed by atoms with E-state index in [0.29, 0.717) is 0 Å². The van der Waals surface area contributed by atoms with Gasteiger partial charge in [0, 0.05) is 27.7 Å². The van der Waals surface area contributed by atoms with E-state index < -0.39 is 0 Å². The molecular formula is C10H10HgS. The van der Waals surface area contributed by atoms with Crippen LogP contribution in [0.5, 0.6) is 0 Å². The Kier molecular flexibility index (Phi) is 5.59. The summed E-state index contributed by atoms with van der Waals surface area (Å²) in [5, 5.41) is 2.62. The van der Waals surface area contributed by atoms with Crippen molar-refractivity contribution in [2.24, 2.45) is 0 Å². The molecule has 2 rings (SSSR count). The van der Waals surface area contributed by atoms with Crippen LogP contribution < -0.4 is 0 Å². The quantitative estimate of drug-likeness (QED) is 0.632. The summed E-state index contributed by atoms with van der Waals surface area (Å²) in [6.45, 7) is 0. The molecule has 0 spiro atoms. The van der Waals surface area contributed by atoms with Crippen molar-refractivity contribution in [1.29, 1.82) is 0 Å². The normalized spacial score (nSPS) is 8.33. The van der Waals surface area contributed by atoms with E-state index in [1.54, 1.807) is 0 Å². The number of hydrogen-bond donors (Lipinski definition) is 0. The van der Waals surface area contributed by atoms with Gasteiger partial charge in [-0.2, -0.15) is 13.5 Å². The maximum atomic E-state index is 2.12. The molecule has 2 heteroatoms. The van der Waals surface area contributed by atoms with Crippen LogP contribution in [-0.2, 0) is 27.7 Å². The number of hydrogen-bond acceptors (Lipinski definition) is 0. The molecule has 0 aliphatic heterocycles. The second-order valence-electron chi connectivity index (χ2n) is 2.35. The first-order valence-electron chi connectivity index (χ1n) is 3.40. The number of fused-ring (bicyclic) bond motifs is 1. The van der Waals surface area contributed by atoms with Gasteiger partial charge in [-0.15, -0.1) is 0 Å². The first kappa shape index (κ1) is 12.0. The molecule has 2 aromatic carbocycles. The minimum absolute atomic E-state index is 0. The van der Waals surface area contributed by atoms with Gasteiger partial charge in [-0.3, -0.25) is 0 Å². The van der Waals surface area contributed by atoms with Crippen LogP contribution in [0.2, 0.25) is 0 Å². The Morgan fingerprint density at radius 1 is 0.583 bits per heavy atom. The van der Waals surface area contributed by atoms with Gasteiger partial charge in [0.1, 0.15) is 0 Å². The van der Waals surface area contributed by atoms with Crippen LogP contribution in [0.15, 0.2) is 48.5 Å². The molecule has 0 radical (unpaired) electrons. The Hall–Kier alpha value is -0.0149. The zero-order valence-electron chi connectivity index (χ0n) is 6.83.